The van der Waals surface area contributed by atoms with Crippen LogP contribution in [-0.2, 0) is 9.53 Å². The summed E-state index contributed by atoms with van der Waals surface area (Å²) >= 11 is 0. The van der Waals surface area contributed by atoms with Gasteiger partial charge in [0, 0.05) is 11.1 Å². The summed E-state index contributed by atoms with van der Waals surface area (Å²) in [5.41, 5.74) is 1.32. The maximum absolute atomic E-state index is 14.9. The van der Waals surface area contributed by atoms with Gasteiger partial charge in [0.1, 0.15) is 6.10 Å². The number of hydrogen-bond acceptors (Lipinski definition) is 4. The number of aromatic hydroxyl groups is 1. The van der Waals surface area contributed by atoms with E-state index >= 15 is 0 Å². The molecule has 5 rings (SSSR count). The van der Waals surface area contributed by atoms with Crippen molar-refractivity contribution in [2.75, 3.05) is 0 Å². The lowest BCUT2D eigenvalue weighted by molar-refractivity contribution is -0.157. The number of aliphatic hydroxyl groups excluding tert-OH is 1. The molecule has 0 aromatic heterocycles. The Morgan fingerprint density at radius 1 is 0.860 bits per heavy atom. The Morgan fingerprint density at radius 3 is 2.23 bits per heavy atom. The van der Waals surface area contributed by atoms with Crippen LogP contribution in [0.3, 0.4) is 0 Å². The van der Waals surface area contributed by atoms with E-state index in [9.17, 15) is 32.6 Å². The normalized spacial score (nSPS) is 26.9. The summed E-state index contributed by atoms with van der Waals surface area (Å²) in [7, 11) is 0. The highest BCUT2D eigenvalue weighted by Crippen LogP contribution is 2.43. The molecular formula is C35H42F4O4. The zero-order valence-electron chi connectivity index (χ0n) is 24.8. The first-order chi connectivity index (χ1) is 20.7. The molecule has 4 nitrogen and oxygen atoms in total. The number of esters is 1. The maximum Gasteiger partial charge on any atom is 0.309 e. The highest BCUT2D eigenvalue weighted by atomic mass is 19.2. The number of phenolic OH excluding ortho intramolecular Hbond substituents is 1. The van der Waals surface area contributed by atoms with Gasteiger partial charge < -0.3 is 14.9 Å². The van der Waals surface area contributed by atoms with Crippen molar-refractivity contribution >= 4 is 11.5 Å². The number of hydrogen-bond donors (Lipinski definition) is 2. The number of halogens is 4. The van der Waals surface area contributed by atoms with Crippen LogP contribution in [0.2, 0.25) is 0 Å². The number of aliphatic hydroxyl groups is 1. The predicted molar refractivity (Wildman–Crippen MR) is 156 cm³/mol. The molecule has 3 aliphatic rings. The summed E-state index contributed by atoms with van der Waals surface area (Å²) in [5, 5.41) is 19.5. The standard InChI is InChI=1S/C35H42F4O4/c1-2-3-29(40)28-17-16-26(31(36)33(28)38)23-8-10-24(11-9-23)35(42)43-25-14-12-21(13-15-25)20-4-6-22(7-5-20)27-18-19-30(41)34(39)32(27)37/h6,16-21,23-25,29,40-41H,2-5,7-15H2,1H3. The summed E-state index contributed by atoms with van der Waals surface area (Å²) in [6.45, 7) is 1.88. The van der Waals surface area contributed by atoms with Crippen molar-refractivity contribution in [3.63, 3.8) is 0 Å². The van der Waals surface area contributed by atoms with Gasteiger partial charge in [-0.05, 0) is 118 Å². The molecular weight excluding hydrogens is 560 g/mol. The Labute approximate surface area is 251 Å². The molecule has 0 radical (unpaired) electrons. The van der Waals surface area contributed by atoms with Crippen LogP contribution >= 0.6 is 0 Å². The molecule has 0 aliphatic heterocycles. The third kappa shape index (κ3) is 6.95. The topological polar surface area (TPSA) is 66.8 Å². The van der Waals surface area contributed by atoms with E-state index in [0.29, 0.717) is 62.3 Å². The summed E-state index contributed by atoms with van der Waals surface area (Å²) in [6, 6.07) is 5.70. The first kappa shape index (κ1) is 31.6. The number of phenols is 1. The van der Waals surface area contributed by atoms with Crippen LogP contribution in [0.4, 0.5) is 17.6 Å². The molecule has 2 unspecified atom stereocenters. The van der Waals surface area contributed by atoms with Gasteiger partial charge in [-0.3, -0.25) is 4.79 Å². The van der Waals surface area contributed by atoms with Gasteiger partial charge in [0.15, 0.2) is 23.2 Å². The van der Waals surface area contributed by atoms with Crippen molar-refractivity contribution < 1.29 is 37.3 Å². The van der Waals surface area contributed by atoms with Gasteiger partial charge in [0.05, 0.1) is 12.0 Å². The largest absolute Gasteiger partial charge is 0.505 e. The minimum Gasteiger partial charge on any atom is -0.505 e. The van der Waals surface area contributed by atoms with E-state index in [4.69, 9.17) is 4.74 Å². The minimum atomic E-state index is -1.21. The third-order valence-corrected chi connectivity index (χ3v) is 10.1. The molecule has 2 atom stereocenters. The van der Waals surface area contributed by atoms with Crippen LogP contribution in [0.15, 0.2) is 30.3 Å². The zero-order chi connectivity index (χ0) is 30.7. The SMILES string of the molecule is CCCC(O)c1ccc(C2CCC(C(=O)OC3CCC(C4CC=C(c5ccc(O)c(F)c5F)CC4)CC3)CC2)c(F)c1F. The molecule has 0 heterocycles. The van der Waals surface area contributed by atoms with Gasteiger partial charge in [-0.2, -0.15) is 4.39 Å². The molecule has 0 saturated heterocycles. The Kier molecular flexibility index (Phi) is 10.2. The summed E-state index contributed by atoms with van der Waals surface area (Å²) < 4.78 is 63.6. The quantitative estimate of drug-likeness (QED) is 0.234. The average Bonchev–Trinajstić information content (AvgIpc) is 3.02. The van der Waals surface area contributed by atoms with Gasteiger partial charge in [-0.15, -0.1) is 0 Å². The monoisotopic (exact) mass is 602 g/mol. The van der Waals surface area contributed by atoms with Crippen LogP contribution in [0.5, 0.6) is 5.75 Å². The lowest BCUT2D eigenvalue weighted by atomic mass is 9.72. The number of carbonyl (C=O) groups excluding carboxylic acids is 1. The van der Waals surface area contributed by atoms with Crippen molar-refractivity contribution in [2.45, 2.75) is 109 Å². The van der Waals surface area contributed by atoms with Gasteiger partial charge >= 0.3 is 5.97 Å². The molecule has 3 aliphatic carbocycles. The lowest BCUT2D eigenvalue weighted by Gasteiger charge is -2.36. The summed E-state index contributed by atoms with van der Waals surface area (Å²) in [6.07, 6.45) is 10.1. The van der Waals surface area contributed by atoms with Crippen molar-refractivity contribution in [3.8, 4) is 5.75 Å². The lowest BCUT2D eigenvalue weighted by Crippen LogP contribution is -2.31. The van der Waals surface area contributed by atoms with Gasteiger partial charge in [0.2, 0.25) is 5.82 Å². The van der Waals surface area contributed by atoms with Crippen LogP contribution in [-0.4, -0.2) is 22.3 Å². The molecule has 2 N–H and O–H groups in total. The molecule has 234 valence electrons. The molecule has 0 spiro atoms. The highest BCUT2D eigenvalue weighted by Gasteiger charge is 2.34. The fraction of sp³-hybridized carbons (Fsp3) is 0.571. The Balaban J connectivity index is 1.07. The number of ether oxygens (including phenoxy) is 1. The first-order valence-electron chi connectivity index (χ1n) is 15.9. The van der Waals surface area contributed by atoms with Crippen LogP contribution in [0, 0.1) is 41.0 Å². The number of rotatable bonds is 8. The molecule has 2 aromatic rings. The van der Waals surface area contributed by atoms with Crippen molar-refractivity contribution in [1.29, 1.82) is 0 Å². The Hall–Kier alpha value is -2.87. The Morgan fingerprint density at radius 2 is 1.58 bits per heavy atom. The maximum atomic E-state index is 14.9. The van der Waals surface area contributed by atoms with Crippen LogP contribution in [0.1, 0.15) is 119 Å². The van der Waals surface area contributed by atoms with Crippen LogP contribution in [0.25, 0.3) is 5.57 Å². The van der Waals surface area contributed by atoms with E-state index in [2.05, 4.69) is 0 Å². The van der Waals surface area contributed by atoms with Gasteiger partial charge in [-0.1, -0.05) is 31.6 Å². The van der Waals surface area contributed by atoms with E-state index < -0.39 is 35.1 Å². The van der Waals surface area contributed by atoms with Crippen LogP contribution < -0.4 is 0 Å². The second-order valence-corrected chi connectivity index (χ2v) is 12.7. The summed E-state index contributed by atoms with van der Waals surface area (Å²) in [5.74, 6) is -4.40. The van der Waals surface area contributed by atoms with Gasteiger partial charge in [0.25, 0.3) is 0 Å². The van der Waals surface area contributed by atoms with E-state index in [1.807, 2.05) is 13.0 Å². The zero-order valence-corrected chi connectivity index (χ0v) is 24.8. The molecule has 8 heteroatoms. The number of allylic oxidation sites excluding steroid dienone is 2. The van der Waals surface area contributed by atoms with E-state index in [1.165, 1.54) is 18.2 Å². The van der Waals surface area contributed by atoms with Gasteiger partial charge in [-0.25, -0.2) is 13.2 Å². The fourth-order valence-electron chi connectivity index (χ4n) is 7.47. The van der Waals surface area contributed by atoms with Crippen molar-refractivity contribution in [1.82, 2.24) is 0 Å². The molecule has 0 amide bonds. The fourth-order valence-corrected chi connectivity index (χ4v) is 7.47. The van der Waals surface area contributed by atoms with Crippen molar-refractivity contribution in [3.05, 3.63) is 70.3 Å². The number of benzene rings is 2. The Bertz CT molecular complexity index is 1330. The van der Waals surface area contributed by atoms with E-state index in [0.717, 1.165) is 44.1 Å². The molecule has 2 fully saturated rings. The third-order valence-electron chi connectivity index (χ3n) is 10.1. The number of carbonyl (C=O) groups is 1. The smallest absolute Gasteiger partial charge is 0.309 e. The molecule has 2 aromatic carbocycles. The van der Waals surface area contributed by atoms with Crippen molar-refractivity contribution in [2.24, 2.45) is 17.8 Å². The second-order valence-electron chi connectivity index (χ2n) is 12.7. The first-order valence-corrected chi connectivity index (χ1v) is 15.9. The second kappa shape index (κ2) is 13.8. The minimum absolute atomic E-state index is 0.000872. The molecule has 2 saturated carbocycles. The highest BCUT2D eigenvalue weighted by molar-refractivity contribution is 5.72. The van der Waals surface area contributed by atoms with E-state index in [1.54, 1.807) is 6.07 Å². The average molecular weight is 603 g/mol. The van der Waals surface area contributed by atoms with E-state index in [-0.39, 0.29) is 35.0 Å². The predicted octanol–water partition coefficient (Wildman–Crippen LogP) is 9.04. The molecule has 0 bridgehead atoms. The summed E-state index contributed by atoms with van der Waals surface area (Å²) in [4.78, 5) is 13.0. The molecule has 43 heavy (non-hydrogen) atoms.